The molecule has 0 radical (unpaired) electrons. The number of benzene rings is 2. The number of likely N-dealkylation sites (tertiary alicyclic amines) is 2. The van der Waals surface area contributed by atoms with E-state index in [0.29, 0.717) is 39.0 Å². The Morgan fingerprint density at radius 3 is 2.15 bits per heavy atom. The van der Waals surface area contributed by atoms with Crippen LogP contribution in [0.5, 0.6) is 0 Å². The first-order chi connectivity index (χ1) is 16.1. The highest BCUT2D eigenvalue weighted by Crippen LogP contribution is 2.25. The van der Waals surface area contributed by atoms with Crippen LogP contribution >= 0.6 is 0 Å². The van der Waals surface area contributed by atoms with Gasteiger partial charge in [-0.05, 0) is 49.5 Å². The highest BCUT2D eigenvalue weighted by molar-refractivity contribution is 5.93. The van der Waals surface area contributed by atoms with Crippen molar-refractivity contribution in [2.45, 2.75) is 25.7 Å². The molecule has 0 aliphatic carbocycles. The molecule has 33 heavy (non-hydrogen) atoms. The monoisotopic (exact) mass is 445 g/mol. The summed E-state index contributed by atoms with van der Waals surface area (Å²) in [6.45, 7) is 2.34. The number of carbonyl (C=O) groups excluding carboxylic acids is 3. The minimum atomic E-state index is -0.187. The van der Waals surface area contributed by atoms with E-state index in [1.807, 2.05) is 76.5 Å². The van der Waals surface area contributed by atoms with Crippen LogP contribution in [-0.4, -0.2) is 53.7 Å². The maximum atomic E-state index is 13.1. The number of hydrogen-bond acceptors (Lipinski definition) is 3. The van der Waals surface area contributed by atoms with E-state index in [4.69, 9.17) is 0 Å². The summed E-state index contributed by atoms with van der Waals surface area (Å²) in [6.07, 6.45) is 6.40. The van der Waals surface area contributed by atoms with Gasteiger partial charge in [-0.15, -0.1) is 0 Å². The van der Waals surface area contributed by atoms with Gasteiger partial charge in [0.15, 0.2) is 0 Å². The van der Waals surface area contributed by atoms with Crippen molar-refractivity contribution in [2.24, 2.45) is 11.8 Å². The molecule has 2 saturated heterocycles. The number of nitrogens with zero attached hydrogens (tertiary/aromatic N) is 2. The first-order valence-corrected chi connectivity index (χ1v) is 11.8. The van der Waals surface area contributed by atoms with Crippen LogP contribution in [0.1, 0.15) is 31.2 Å². The van der Waals surface area contributed by atoms with Gasteiger partial charge in [0.2, 0.25) is 17.7 Å². The molecule has 0 spiro atoms. The molecule has 2 aromatic rings. The maximum Gasteiger partial charge on any atom is 0.246 e. The van der Waals surface area contributed by atoms with Crippen molar-refractivity contribution < 1.29 is 14.4 Å². The number of carbonyl (C=O) groups is 3. The van der Waals surface area contributed by atoms with E-state index in [1.165, 1.54) is 0 Å². The van der Waals surface area contributed by atoms with E-state index in [9.17, 15) is 14.4 Å². The Bertz CT molecular complexity index is 982. The molecule has 3 amide bonds. The Morgan fingerprint density at radius 2 is 1.45 bits per heavy atom. The van der Waals surface area contributed by atoms with Gasteiger partial charge < -0.3 is 15.1 Å². The van der Waals surface area contributed by atoms with Crippen LogP contribution < -0.4 is 5.32 Å². The lowest BCUT2D eigenvalue weighted by molar-refractivity contribution is -0.141. The summed E-state index contributed by atoms with van der Waals surface area (Å²) in [5.74, 6) is -0.181. The first-order valence-electron chi connectivity index (χ1n) is 11.8. The molecule has 1 unspecified atom stereocenters. The standard InChI is InChI=1S/C27H31N3O3/c31-25(14-13-21-8-3-1-4-9-21)29-18-15-22(16-19-29)27(33)30-17-7-10-23(20-30)26(32)28-24-11-5-2-6-12-24/h1-6,8-9,11-14,22-23H,7,10,15-20H2,(H,28,32)/b14-13+. The van der Waals surface area contributed by atoms with E-state index in [1.54, 1.807) is 6.08 Å². The third-order valence-corrected chi connectivity index (χ3v) is 6.52. The van der Waals surface area contributed by atoms with Gasteiger partial charge in [0.1, 0.15) is 0 Å². The van der Waals surface area contributed by atoms with E-state index in [2.05, 4.69) is 5.32 Å². The fourth-order valence-electron chi connectivity index (χ4n) is 4.60. The number of anilines is 1. The number of amides is 3. The van der Waals surface area contributed by atoms with Crippen molar-refractivity contribution in [3.8, 4) is 0 Å². The molecular formula is C27H31N3O3. The molecule has 4 rings (SSSR count). The summed E-state index contributed by atoms with van der Waals surface area (Å²) in [7, 11) is 0. The molecule has 6 heteroatoms. The third kappa shape index (κ3) is 6.09. The minimum Gasteiger partial charge on any atom is -0.342 e. The zero-order chi connectivity index (χ0) is 23.0. The third-order valence-electron chi connectivity index (χ3n) is 6.52. The number of para-hydroxylation sites is 1. The maximum absolute atomic E-state index is 13.1. The summed E-state index contributed by atoms with van der Waals surface area (Å²) in [6, 6.07) is 19.2. The zero-order valence-electron chi connectivity index (χ0n) is 18.9. The molecule has 1 N–H and O–H groups in total. The van der Waals surface area contributed by atoms with E-state index >= 15 is 0 Å². The average molecular weight is 446 g/mol. The molecule has 2 aliphatic rings. The van der Waals surface area contributed by atoms with Crippen molar-refractivity contribution in [3.63, 3.8) is 0 Å². The smallest absolute Gasteiger partial charge is 0.246 e. The normalized spacial score (nSPS) is 19.5. The topological polar surface area (TPSA) is 69.7 Å². The summed E-state index contributed by atoms with van der Waals surface area (Å²) >= 11 is 0. The second kappa shape index (κ2) is 10.9. The molecule has 0 bridgehead atoms. The van der Waals surface area contributed by atoms with Gasteiger partial charge in [-0.2, -0.15) is 0 Å². The summed E-state index contributed by atoms with van der Waals surface area (Å²) in [4.78, 5) is 42.0. The predicted molar refractivity (Wildman–Crippen MR) is 129 cm³/mol. The fourth-order valence-corrected chi connectivity index (χ4v) is 4.60. The molecular weight excluding hydrogens is 414 g/mol. The van der Waals surface area contributed by atoms with Gasteiger partial charge in [-0.25, -0.2) is 0 Å². The number of piperidine rings is 2. The highest BCUT2D eigenvalue weighted by Gasteiger charge is 2.34. The van der Waals surface area contributed by atoms with Crippen LogP contribution in [0, 0.1) is 11.8 Å². The number of nitrogens with one attached hydrogen (secondary N) is 1. The van der Waals surface area contributed by atoms with Crippen LogP contribution in [0.2, 0.25) is 0 Å². The first kappa shape index (κ1) is 22.8. The lowest BCUT2D eigenvalue weighted by Crippen LogP contribution is -2.48. The molecule has 0 aromatic heterocycles. The Morgan fingerprint density at radius 1 is 0.788 bits per heavy atom. The van der Waals surface area contributed by atoms with Crippen LogP contribution in [0.4, 0.5) is 5.69 Å². The molecule has 2 fully saturated rings. The Balaban J connectivity index is 1.26. The molecule has 1 atom stereocenters. The largest absolute Gasteiger partial charge is 0.342 e. The summed E-state index contributed by atoms with van der Waals surface area (Å²) < 4.78 is 0. The molecule has 172 valence electrons. The molecule has 2 heterocycles. The van der Waals surface area contributed by atoms with Crippen LogP contribution in [-0.2, 0) is 14.4 Å². The average Bonchev–Trinajstić information content (AvgIpc) is 2.88. The summed E-state index contributed by atoms with van der Waals surface area (Å²) in [5.41, 5.74) is 1.77. The SMILES string of the molecule is O=C(Nc1ccccc1)C1CCCN(C(=O)C2CCN(C(=O)/C=C/c3ccccc3)CC2)C1. The molecule has 2 aromatic carbocycles. The molecule has 0 saturated carbocycles. The zero-order valence-corrected chi connectivity index (χ0v) is 18.9. The number of rotatable bonds is 5. The van der Waals surface area contributed by atoms with Gasteiger partial charge in [0, 0.05) is 43.9 Å². The van der Waals surface area contributed by atoms with Gasteiger partial charge in [0.25, 0.3) is 0 Å². The number of hydrogen-bond donors (Lipinski definition) is 1. The van der Waals surface area contributed by atoms with Crippen molar-refractivity contribution in [2.75, 3.05) is 31.5 Å². The van der Waals surface area contributed by atoms with E-state index in [0.717, 1.165) is 24.1 Å². The van der Waals surface area contributed by atoms with Gasteiger partial charge in [-0.3, -0.25) is 14.4 Å². The second-order valence-corrected chi connectivity index (χ2v) is 8.82. The summed E-state index contributed by atoms with van der Waals surface area (Å²) in [5, 5.41) is 2.97. The Kier molecular flexibility index (Phi) is 7.55. The van der Waals surface area contributed by atoms with Crippen molar-refractivity contribution in [3.05, 3.63) is 72.3 Å². The van der Waals surface area contributed by atoms with Crippen molar-refractivity contribution >= 4 is 29.5 Å². The molecule has 2 aliphatic heterocycles. The van der Waals surface area contributed by atoms with Crippen molar-refractivity contribution in [1.29, 1.82) is 0 Å². The van der Waals surface area contributed by atoms with Gasteiger partial charge >= 0.3 is 0 Å². The minimum absolute atomic E-state index is 0.0135. The van der Waals surface area contributed by atoms with E-state index in [-0.39, 0.29) is 29.6 Å². The van der Waals surface area contributed by atoms with Crippen molar-refractivity contribution in [1.82, 2.24) is 9.80 Å². The fraction of sp³-hybridized carbons (Fsp3) is 0.370. The lowest BCUT2D eigenvalue weighted by Gasteiger charge is -2.37. The van der Waals surface area contributed by atoms with Gasteiger partial charge in [-0.1, -0.05) is 48.5 Å². The Hall–Kier alpha value is -3.41. The quantitative estimate of drug-likeness (QED) is 0.712. The van der Waals surface area contributed by atoms with Crippen LogP contribution in [0.3, 0.4) is 0 Å². The van der Waals surface area contributed by atoms with Gasteiger partial charge in [0.05, 0.1) is 5.92 Å². The predicted octanol–water partition coefficient (Wildman–Crippen LogP) is 3.82. The lowest BCUT2D eigenvalue weighted by atomic mass is 9.91. The van der Waals surface area contributed by atoms with E-state index < -0.39 is 0 Å². The van der Waals surface area contributed by atoms with Crippen LogP contribution in [0.25, 0.3) is 6.08 Å². The Labute approximate surface area is 195 Å². The second-order valence-electron chi connectivity index (χ2n) is 8.82. The highest BCUT2D eigenvalue weighted by atomic mass is 16.2. The molecule has 6 nitrogen and oxygen atoms in total. The van der Waals surface area contributed by atoms with Crippen LogP contribution in [0.15, 0.2) is 66.7 Å².